The average molecular weight is 428 g/mol. The number of esters is 2. The van der Waals surface area contributed by atoms with Crippen LogP contribution in [-0.4, -0.2) is 33.0 Å². The lowest BCUT2D eigenvalue weighted by molar-refractivity contribution is -0.384. The Balaban J connectivity index is 2.73. The number of hydrogen-bond donors (Lipinski definition) is 0. The minimum Gasteiger partial charge on any atom is -0.459 e. The number of ether oxygens (including phenoxy) is 2. The fraction of sp³-hybridized carbons (Fsp3) is 0.435. The van der Waals surface area contributed by atoms with Crippen molar-refractivity contribution in [3.8, 4) is 0 Å². The Labute approximate surface area is 181 Å². The molecule has 31 heavy (non-hydrogen) atoms. The number of carbonyl (C=O) groups is 2. The van der Waals surface area contributed by atoms with Gasteiger partial charge in [0, 0.05) is 30.4 Å². The summed E-state index contributed by atoms with van der Waals surface area (Å²) in [7, 11) is 0. The van der Waals surface area contributed by atoms with Crippen LogP contribution in [0.1, 0.15) is 52.8 Å². The van der Waals surface area contributed by atoms with Gasteiger partial charge in [0.05, 0.1) is 4.92 Å². The Morgan fingerprint density at radius 3 is 1.81 bits per heavy atom. The van der Waals surface area contributed by atoms with Crippen molar-refractivity contribution in [3.05, 3.63) is 70.0 Å². The van der Waals surface area contributed by atoms with Crippen molar-refractivity contribution in [1.82, 2.24) is 4.98 Å². The smallest absolute Gasteiger partial charge is 0.329 e. The molecule has 0 radical (unpaired) electrons. The lowest BCUT2D eigenvalue weighted by Gasteiger charge is -2.35. The molecule has 0 fully saturated rings. The number of nitro groups is 1. The van der Waals surface area contributed by atoms with Gasteiger partial charge in [-0.2, -0.15) is 0 Å². The fourth-order valence-electron chi connectivity index (χ4n) is 2.94. The highest BCUT2D eigenvalue weighted by Crippen LogP contribution is 2.35. The van der Waals surface area contributed by atoms with E-state index in [2.05, 4.69) is 4.98 Å². The normalized spacial score (nSPS) is 12.2. The third-order valence-corrected chi connectivity index (χ3v) is 4.24. The monoisotopic (exact) mass is 428 g/mol. The second-order valence-corrected chi connectivity index (χ2v) is 9.21. The van der Waals surface area contributed by atoms with Crippen molar-refractivity contribution in [2.75, 3.05) is 0 Å². The van der Waals surface area contributed by atoms with E-state index in [0.717, 1.165) is 0 Å². The van der Waals surface area contributed by atoms with Gasteiger partial charge in [-0.25, -0.2) is 0 Å². The zero-order valence-corrected chi connectivity index (χ0v) is 18.7. The maximum Gasteiger partial charge on any atom is 0.329 e. The van der Waals surface area contributed by atoms with Crippen LogP contribution in [0.25, 0.3) is 0 Å². The summed E-state index contributed by atoms with van der Waals surface area (Å²) < 4.78 is 11.3. The van der Waals surface area contributed by atoms with Gasteiger partial charge in [0.1, 0.15) is 11.2 Å². The van der Waals surface area contributed by atoms with E-state index < -0.39 is 33.5 Å². The van der Waals surface area contributed by atoms with E-state index in [1.807, 2.05) is 0 Å². The fourth-order valence-corrected chi connectivity index (χ4v) is 2.94. The summed E-state index contributed by atoms with van der Waals surface area (Å²) in [6.07, 6.45) is 1.43. The first-order chi connectivity index (χ1) is 14.2. The van der Waals surface area contributed by atoms with Crippen molar-refractivity contribution < 1.29 is 24.0 Å². The third kappa shape index (κ3) is 6.10. The van der Waals surface area contributed by atoms with Crippen LogP contribution in [0.4, 0.5) is 5.69 Å². The molecule has 8 nitrogen and oxygen atoms in total. The van der Waals surface area contributed by atoms with Gasteiger partial charge in [0.25, 0.3) is 5.69 Å². The second-order valence-electron chi connectivity index (χ2n) is 9.21. The third-order valence-electron chi connectivity index (χ3n) is 4.24. The van der Waals surface area contributed by atoms with Crippen molar-refractivity contribution in [1.29, 1.82) is 0 Å². The number of nitrogens with zero attached hydrogens (tertiary/aromatic N) is 2. The maximum absolute atomic E-state index is 13.5. The number of benzene rings is 1. The zero-order chi connectivity index (χ0) is 23.4. The van der Waals surface area contributed by atoms with Crippen LogP contribution in [0.15, 0.2) is 48.7 Å². The highest BCUT2D eigenvalue weighted by Gasteiger charge is 2.53. The molecule has 1 aromatic heterocycles. The lowest BCUT2D eigenvalue weighted by atomic mass is 9.76. The van der Waals surface area contributed by atoms with E-state index in [-0.39, 0.29) is 17.7 Å². The summed E-state index contributed by atoms with van der Waals surface area (Å²) in [4.78, 5) is 41.9. The van der Waals surface area contributed by atoms with Crippen LogP contribution in [0.2, 0.25) is 0 Å². The molecule has 0 aliphatic carbocycles. The Morgan fingerprint density at radius 2 is 1.42 bits per heavy atom. The minimum absolute atomic E-state index is 0.129. The highest BCUT2D eigenvalue weighted by atomic mass is 16.6. The first kappa shape index (κ1) is 24.0. The summed E-state index contributed by atoms with van der Waals surface area (Å²) in [6, 6.07) is 10.4. The maximum atomic E-state index is 13.5. The highest BCUT2D eigenvalue weighted by molar-refractivity contribution is 6.07. The minimum atomic E-state index is -1.90. The molecule has 8 heteroatoms. The molecule has 166 valence electrons. The van der Waals surface area contributed by atoms with E-state index in [1.165, 1.54) is 24.3 Å². The molecule has 2 rings (SSSR count). The molecule has 2 aromatic rings. The Hall–Kier alpha value is -3.29. The molecule has 1 aromatic carbocycles. The molecular formula is C23H28N2O6. The van der Waals surface area contributed by atoms with Crippen LogP contribution >= 0.6 is 0 Å². The first-order valence-corrected chi connectivity index (χ1v) is 9.86. The molecule has 0 saturated heterocycles. The molecular weight excluding hydrogens is 400 g/mol. The quantitative estimate of drug-likeness (QED) is 0.294. The number of carbonyl (C=O) groups excluding carboxylic acids is 2. The van der Waals surface area contributed by atoms with E-state index >= 15 is 0 Å². The molecule has 1 heterocycles. The van der Waals surface area contributed by atoms with Crippen molar-refractivity contribution in [2.45, 2.75) is 64.6 Å². The van der Waals surface area contributed by atoms with Crippen LogP contribution in [0.3, 0.4) is 0 Å². The molecule has 0 unspecified atom stereocenters. The van der Waals surface area contributed by atoms with Crippen LogP contribution in [0.5, 0.6) is 0 Å². The summed E-state index contributed by atoms with van der Waals surface area (Å²) in [5, 5.41) is 11.1. The van der Waals surface area contributed by atoms with Crippen molar-refractivity contribution in [3.63, 3.8) is 0 Å². The molecule has 0 saturated carbocycles. The number of aromatic nitrogens is 1. The van der Waals surface area contributed by atoms with Gasteiger partial charge in [-0.15, -0.1) is 0 Å². The van der Waals surface area contributed by atoms with E-state index in [9.17, 15) is 19.7 Å². The molecule has 0 N–H and O–H groups in total. The van der Waals surface area contributed by atoms with E-state index in [4.69, 9.17) is 9.47 Å². The average Bonchev–Trinajstić information content (AvgIpc) is 2.64. The lowest BCUT2D eigenvalue weighted by Crippen LogP contribution is -2.51. The van der Waals surface area contributed by atoms with E-state index in [1.54, 1.807) is 65.9 Å². The molecule has 0 aliphatic rings. The Bertz CT molecular complexity index is 913. The molecule has 0 spiro atoms. The predicted molar refractivity (Wildman–Crippen MR) is 114 cm³/mol. The number of rotatable bonds is 6. The number of non-ortho nitro benzene ring substituents is 1. The zero-order valence-electron chi connectivity index (χ0n) is 18.7. The van der Waals surface area contributed by atoms with Gasteiger partial charge in [-0.1, -0.05) is 18.2 Å². The predicted octanol–water partition coefficient (Wildman–Crippen LogP) is 4.15. The SMILES string of the molecule is CC(C)(C)OC(=O)C(Cc1ccccn1)(C(=O)OC(C)(C)C)c1ccc([N+](=O)[O-])cc1. The van der Waals surface area contributed by atoms with Gasteiger partial charge in [0.2, 0.25) is 0 Å². The van der Waals surface area contributed by atoms with Gasteiger partial charge in [-0.3, -0.25) is 24.7 Å². The summed E-state index contributed by atoms with van der Waals surface area (Å²) >= 11 is 0. The van der Waals surface area contributed by atoms with E-state index in [0.29, 0.717) is 5.69 Å². The van der Waals surface area contributed by atoms with Crippen LogP contribution in [0, 0.1) is 10.1 Å². The Morgan fingerprint density at radius 1 is 0.903 bits per heavy atom. The summed E-state index contributed by atoms with van der Waals surface area (Å²) in [6.45, 7) is 10.2. The van der Waals surface area contributed by atoms with Gasteiger partial charge >= 0.3 is 11.9 Å². The topological polar surface area (TPSA) is 109 Å². The molecule has 0 aliphatic heterocycles. The van der Waals surface area contributed by atoms with Gasteiger partial charge in [0.15, 0.2) is 5.41 Å². The largest absolute Gasteiger partial charge is 0.459 e. The Kier molecular flexibility index (Phi) is 6.83. The van der Waals surface area contributed by atoms with Crippen LogP contribution in [-0.2, 0) is 30.9 Å². The number of hydrogen-bond acceptors (Lipinski definition) is 7. The standard InChI is InChI=1S/C23H28N2O6/c1-21(2,3)30-19(26)23(20(27)31-22(4,5)6,15-17-9-7-8-14-24-17)16-10-12-18(13-11-16)25(28)29/h7-14H,15H2,1-6H3. The molecule has 0 amide bonds. The molecule has 0 atom stereocenters. The second kappa shape index (κ2) is 8.83. The summed E-state index contributed by atoms with van der Waals surface area (Å²) in [5.41, 5.74) is -3.12. The van der Waals surface area contributed by atoms with Gasteiger partial charge in [-0.05, 0) is 59.2 Å². The molecule has 0 bridgehead atoms. The van der Waals surface area contributed by atoms with Crippen molar-refractivity contribution >= 4 is 17.6 Å². The van der Waals surface area contributed by atoms with Gasteiger partial charge < -0.3 is 9.47 Å². The van der Waals surface area contributed by atoms with Crippen molar-refractivity contribution in [2.24, 2.45) is 0 Å². The first-order valence-electron chi connectivity index (χ1n) is 9.86. The van der Waals surface area contributed by atoms with Crippen LogP contribution < -0.4 is 0 Å². The number of nitro benzene ring substituents is 1. The number of pyridine rings is 1. The summed E-state index contributed by atoms with van der Waals surface area (Å²) in [5.74, 6) is -1.62.